The van der Waals surface area contributed by atoms with Crippen molar-refractivity contribution >= 4 is 22.6 Å². The molecule has 0 saturated heterocycles. The Morgan fingerprint density at radius 3 is 2.90 bits per heavy atom. The fourth-order valence-electron chi connectivity index (χ4n) is 2.34. The van der Waals surface area contributed by atoms with E-state index in [1.807, 2.05) is 50.2 Å². The summed E-state index contributed by atoms with van der Waals surface area (Å²) >= 11 is 0. The number of H-pyrrole nitrogens is 1. The van der Waals surface area contributed by atoms with Gasteiger partial charge in [-0.1, -0.05) is 18.2 Å². The average molecular weight is 279 g/mol. The van der Waals surface area contributed by atoms with Crippen molar-refractivity contribution < 1.29 is 4.79 Å². The Bertz CT molecular complexity index is 805. The zero-order valence-electron chi connectivity index (χ0n) is 12.1. The highest BCUT2D eigenvalue weighted by Gasteiger charge is 2.07. The van der Waals surface area contributed by atoms with Crippen LogP contribution >= 0.6 is 0 Å². The lowest BCUT2D eigenvalue weighted by molar-refractivity contribution is -0.115. The van der Waals surface area contributed by atoms with Gasteiger partial charge in [0.15, 0.2) is 0 Å². The van der Waals surface area contributed by atoms with Crippen LogP contribution in [0.4, 0.5) is 5.69 Å². The van der Waals surface area contributed by atoms with E-state index in [9.17, 15) is 4.79 Å². The molecule has 3 aromatic rings. The third kappa shape index (κ3) is 2.94. The first-order valence-corrected chi connectivity index (χ1v) is 6.91. The Hall–Kier alpha value is -2.62. The molecule has 0 unspecified atom stereocenters. The Morgan fingerprint density at radius 1 is 1.19 bits per heavy atom. The van der Waals surface area contributed by atoms with E-state index in [-0.39, 0.29) is 5.91 Å². The summed E-state index contributed by atoms with van der Waals surface area (Å²) in [5.41, 5.74) is 5.91. The number of nitrogens with one attached hydrogen (secondary N) is 2. The first kappa shape index (κ1) is 13.4. The Morgan fingerprint density at radius 2 is 2.05 bits per heavy atom. The molecule has 0 aliphatic carbocycles. The van der Waals surface area contributed by atoms with E-state index in [1.165, 1.54) is 0 Å². The minimum Gasteiger partial charge on any atom is -0.345 e. The number of benzene rings is 2. The van der Waals surface area contributed by atoms with E-state index >= 15 is 0 Å². The van der Waals surface area contributed by atoms with Gasteiger partial charge in [-0.05, 0) is 48.7 Å². The van der Waals surface area contributed by atoms with Crippen molar-refractivity contribution in [2.45, 2.75) is 20.3 Å². The van der Waals surface area contributed by atoms with Gasteiger partial charge in [-0.15, -0.1) is 0 Å². The number of imidazole rings is 1. The number of aromatic nitrogens is 2. The molecule has 0 saturated carbocycles. The van der Waals surface area contributed by atoms with Gasteiger partial charge in [-0.2, -0.15) is 0 Å². The van der Waals surface area contributed by atoms with E-state index in [0.29, 0.717) is 6.42 Å². The molecule has 3 rings (SSSR count). The molecule has 4 nitrogen and oxygen atoms in total. The summed E-state index contributed by atoms with van der Waals surface area (Å²) < 4.78 is 0. The quantitative estimate of drug-likeness (QED) is 0.772. The van der Waals surface area contributed by atoms with Gasteiger partial charge in [0.1, 0.15) is 0 Å². The summed E-state index contributed by atoms with van der Waals surface area (Å²) in [5, 5.41) is 2.98. The molecule has 2 aromatic carbocycles. The van der Waals surface area contributed by atoms with Crippen molar-refractivity contribution in [3.63, 3.8) is 0 Å². The SMILES string of the molecule is Cc1ccc(C)c(NC(=O)Cc2ccc3nc[nH]c3c2)c1. The van der Waals surface area contributed by atoms with Crippen LogP contribution in [0.3, 0.4) is 0 Å². The Labute approximate surface area is 123 Å². The van der Waals surface area contributed by atoms with Crippen LogP contribution in [0.15, 0.2) is 42.7 Å². The Balaban J connectivity index is 1.75. The molecule has 0 bridgehead atoms. The van der Waals surface area contributed by atoms with E-state index in [2.05, 4.69) is 15.3 Å². The van der Waals surface area contributed by atoms with Gasteiger partial charge in [-0.25, -0.2) is 4.98 Å². The average Bonchev–Trinajstić information content (AvgIpc) is 2.90. The molecule has 21 heavy (non-hydrogen) atoms. The molecule has 1 heterocycles. The minimum atomic E-state index is -0.0115. The zero-order chi connectivity index (χ0) is 14.8. The number of hydrogen-bond donors (Lipinski definition) is 2. The maximum absolute atomic E-state index is 12.2. The zero-order valence-corrected chi connectivity index (χ0v) is 12.1. The van der Waals surface area contributed by atoms with Crippen LogP contribution in [0.5, 0.6) is 0 Å². The molecular formula is C17H17N3O. The van der Waals surface area contributed by atoms with Gasteiger partial charge >= 0.3 is 0 Å². The third-order valence-corrected chi connectivity index (χ3v) is 3.52. The van der Waals surface area contributed by atoms with Gasteiger partial charge in [0.25, 0.3) is 0 Å². The number of aryl methyl sites for hydroxylation is 2. The van der Waals surface area contributed by atoms with Crippen LogP contribution in [-0.4, -0.2) is 15.9 Å². The maximum Gasteiger partial charge on any atom is 0.228 e. The maximum atomic E-state index is 12.2. The van der Waals surface area contributed by atoms with Gasteiger partial charge < -0.3 is 10.3 Å². The van der Waals surface area contributed by atoms with E-state index in [4.69, 9.17) is 0 Å². The lowest BCUT2D eigenvalue weighted by Gasteiger charge is -2.09. The highest BCUT2D eigenvalue weighted by atomic mass is 16.1. The number of fused-ring (bicyclic) bond motifs is 1. The monoisotopic (exact) mass is 279 g/mol. The standard InChI is InChI=1S/C17H17N3O/c1-11-3-4-12(2)15(7-11)20-17(21)9-13-5-6-14-16(8-13)19-10-18-14/h3-8,10H,9H2,1-2H3,(H,18,19)(H,20,21). The molecule has 0 aliphatic heterocycles. The van der Waals surface area contributed by atoms with Crippen molar-refractivity contribution in [3.8, 4) is 0 Å². The minimum absolute atomic E-state index is 0.0115. The first-order valence-electron chi connectivity index (χ1n) is 6.91. The highest BCUT2D eigenvalue weighted by molar-refractivity contribution is 5.93. The summed E-state index contributed by atoms with van der Waals surface area (Å²) in [7, 11) is 0. The molecule has 0 spiro atoms. The lowest BCUT2D eigenvalue weighted by atomic mass is 10.1. The molecule has 0 aliphatic rings. The number of aromatic amines is 1. The summed E-state index contributed by atoms with van der Waals surface area (Å²) in [4.78, 5) is 19.4. The van der Waals surface area contributed by atoms with E-state index < -0.39 is 0 Å². The smallest absolute Gasteiger partial charge is 0.228 e. The van der Waals surface area contributed by atoms with E-state index in [1.54, 1.807) is 6.33 Å². The number of carbonyl (C=O) groups excluding carboxylic acids is 1. The summed E-state index contributed by atoms with van der Waals surface area (Å²) in [6.07, 6.45) is 2.01. The molecular weight excluding hydrogens is 262 g/mol. The van der Waals surface area contributed by atoms with Crippen molar-refractivity contribution in [2.24, 2.45) is 0 Å². The van der Waals surface area contributed by atoms with Crippen LogP contribution in [-0.2, 0) is 11.2 Å². The van der Waals surface area contributed by atoms with Gasteiger partial charge in [0.2, 0.25) is 5.91 Å². The highest BCUT2D eigenvalue weighted by Crippen LogP contribution is 2.17. The fourth-order valence-corrected chi connectivity index (χ4v) is 2.34. The van der Waals surface area contributed by atoms with Crippen LogP contribution in [0.2, 0.25) is 0 Å². The molecule has 106 valence electrons. The largest absolute Gasteiger partial charge is 0.345 e. The van der Waals surface area contributed by atoms with Crippen molar-refractivity contribution in [1.82, 2.24) is 9.97 Å². The fraction of sp³-hybridized carbons (Fsp3) is 0.176. The molecule has 1 aromatic heterocycles. The second-order valence-corrected chi connectivity index (χ2v) is 5.30. The topological polar surface area (TPSA) is 57.8 Å². The molecule has 4 heteroatoms. The summed E-state index contributed by atoms with van der Waals surface area (Å²) in [5.74, 6) is -0.0115. The predicted octanol–water partition coefficient (Wildman–Crippen LogP) is 3.36. The lowest BCUT2D eigenvalue weighted by Crippen LogP contribution is -2.15. The summed E-state index contributed by atoms with van der Waals surface area (Å²) in [6.45, 7) is 4.01. The number of hydrogen-bond acceptors (Lipinski definition) is 2. The molecule has 1 amide bonds. The van der Waals surface area contributed by atoms with Crippen molar-refractivity contribution in [1.29, 1.82) is 0 Å². The van der Waals surface area contributed by atoms with Crippen molar-refractivity contribution in [2.75, 3.05) is 5.32 Å². The van der Waals surface area contributed by atoms with Crippen LogP contribution in [0, 0.1) is 13.8 Å². The normalized spacial score (nSPS) is 10.8. The number of nitrogens with zero attached hydrogens (tertiary/aromatic N) is 1. The molecule has 0 atom stereocenters. The number of amides is 1. The first-order chi connectivity index (χ1) is 10.1. The van der Waals surface area contributed by atoms with Gasteiger partial charge in [0.05, 0.1) is 23.8 Å². The number of anilines is 1. The second-order valence-electron chi connectivity index (χ2n) is 5.30. The van der Waals surface area contributed by atoms with Crippen molar-refractivity contribution in [3.05, 3.63) is 59.4 Å². The predicted molar refractivity (Wildman–Crippen MR) is 84.3 cm³/mol. The molecule has 0 radical (unpaired) electrons. The summed E-state index contributed by atoms with van der Waals surface area (Å²) in [6, 6.07) is 11.9. The molecule has 2 N–H and O–H groups in total. The van der Waals surface area contributed by atoms with E-state index in [0.717, 1.165) is 33.4 Å². The van der Waals surface area contributed by atoms with Gasteiger partial charge in [-0.3, -0.25) is 4.79 Å². The van der Waals surface area contributed by atoms with Crippen LogP contribution < -0.4 is 5.32 Å². The van der Waals surface area contributed by atoms with Crippen LogP contribution in [0.25, 0.3) is 11.0 Å². The van der Waals surface area contributed by atoms with Crippen LogP contribution in [0.1, 0.15) is 16.7 Å². The molecule has 0 fully saturated rings. The third-order valence-electron chi connectivity index (χ3n) is 3.52. The number of rotatable bonds is 3. The second kappa shape index (κ2) is 5.40. The number of carbonyl (C=O) groups is 1. The Kier molecular flexibility index (Phi) is 3.44. The van der Waals surface area contributed by atoms with Gasteiger partial charge in [0, 0.05) is 5.69 Å².